The predicted octanol–water partition coefficient (Wildman–Crippen LogP) is 16.4. The van der Waals surface area contributed by atoms with E-state index in [9.17, 15) is 0 Å². The lowest BCUT2D eigenvalue weighted by molar-refractivity contribution is 0.716. The third-order valence-electron chi connectivity index (χ3n) is 15.3. The Morgan fingerprint density at radius 3 is 1.92 bits per heavy atom. The van der Waals surface area contributed by atoms with Crippen LogP contribution in [-0.2, 0) is 12.0 Å². The zero-order valence-electron chi connectivity index (χ0n) is 41.1. The molecule has 1 unspecified atom stereocenters. The van der Waals surface area contributed by atoms with Crippen LogP contribution in [0.5, 0.6) is 0 Å². The highest BCUT2D eigenvalue weighted by atomic mass is 15.0. The SMILES string of the molecule is C=NC(=NC(=NCc1ccc2c(c1)C1(c3ccccc3-c3ccccc31)c1ccccc1-2)c1ccc(-n2c3c(c4ccccc42)C=CCC=C3)cc1)c1ccc(-n2c(/C=C\C=C/C)cc3c2C(C)CC=C3)cc1. The van der Waals surface area contributed by atoms with E-state index in [2.05, 4.69) is 258 Å². The second-order valence-corrected chi connectivity index (χ2v) is 19.5. The van der Waals surface area contributed by atoms with Crippen LogP contribution in [0.2, 0.25) is 0 Å². The molecule has 1 atom stereocenters. The van der Waals surface area contributed by atoms with E-state index in [4.69, 9.17) is 9.98 Å². The van der Waals surface area contributed by atoms with Gasteiger partial charge in [0.25, 0.3) is 0 Å². The largest absolute Gasteiger partial charge is 0.313 e. The summed E-state index contributed by atoms with van der Waals surface area (Å²) in [5.74, 6) is 1.48. The quantitative estimate of drug-likeness (QED) is 0.0828. The Hall–Kier alpha value is -8.93. The minimum absolute atomic E-state index is 0.386. The average Bonchev–Trinajstić information content (AvgIpc) is 4.10. The van der Waals surface area contributed by atoms with Gasteiger partial charge in [-0.25, -0.2) is 9.98 Å². The van der Waals surface area contributed by atoms with Gasteiger partial charge in [0.15, 0.2) is 11.7 Å². The van der Waals surface area contributed by atoms with Gasteiger partial charge in [-0.1, -0.05) is 165 Å². The molecule has 2 aromatic heterocycles. The van der Waals surface area contributed by atoms with Gasteiger partial charge in [-0.15, -0.1) is 0 Å². The fourth-order valence-corrected chi connectivity index (χ4v) is 12.1. The van der Waals surface area contributed by atoms with Crippen molar-refractivity contribution in [3.63, 3.8) is 0 Å². The minimum Gasteiger partial charge on any atom is -0.313 e. The Balaban J connectivity index is 0.924. The molecule has 0 aliphatic heterocycles. The van der Waals surface area contributed by atoms with Gasteiger partial charge < -0.3 is 9.13 Å². The van der Waals surface area contributed by atoms with Gasteiger partial charge in [-0.3, -0.25) is 4.99 Å². The maximum Gasteiger partial charge on any atom is 0.161 e. The van der Waals surface area contributed by atoms with Crippen molar-refractivity contribution in [3.8, 4) is 33.6 Å². The highest BCUT2D eigenvalue weighted by Crippen LogP contribution is 2.62. The van der Waals surface area contributed by atoms with Crippen LogP contribution in [0.15, 0.2) is 221 Å². The normalized spacial score (nSPS) is 15.9. The van der Waals surface area contributed by atoms with Gasteiger partial charge >= 0.3 is 0 Å². The van der Waals surface area contributed by atoms with Crippen molar-refractivity contribution in [2.24, 2.45) is 15.0 Å². The lowest BCUT2D eigenvalue weighted by Gasteiger charge is -2.30. The van der Waals surface area contributed by atoms with Gasteiger partial charge in [0.05, 0.1) is 23.2 Å². The molecule has 2 heterocycles. The van der Waals surface area contributed by atoms with E-state index < -0.39 is 5.41 Å². The van der Waals surface area contributed by atoms with Crippen LogP contribution in [0.4, 0.5) is 0 Å². The Labute approximate surface area is 427 Å². The van der Waals surface area contributed by atoms with Gasteiger partial charge in [0, 0.05) is 50.8 Å². The molecule has 5 nitrogen and oxygen atoms in total. The summed E-state index contributed by atoms with van der Waals surface area (Å²) in [6, 6.07) is 62.0. The highest BCUT2D eigenvalue weighted by molar-refractivity contribution is 6.13. The van der Waals surface area contributed by atoms with Crippen LogP contribution >= 0.6 is 0 Å². The fourth-order valence-electron chi connectivity index (χ4n) is 12.1. The summed E-state index contributed by atoms with van der Waals surface area (Å²) in [5.41, 5.74) is 22.3. The molecular formula is C68H53N5. The number of rotatable bonds is 8. The molecule has 0 N–H and O–H groups in total. The van der Waals surface area contributed by atoms with E-state index in [1.54, 1.807) is 0 Å². The second kappa shape index (κ2) is 18.0. The average molecular weight is 940 g/mol. The van der Waals surface area contributed by atoms with Crippen molar-refractivity contribution < 1.29 is 0 Å². The standard InChI is InChI=1S/C68H53N5/c1-4-5-7-21-52-43-49-20-18-19-45(2)65(49)72(52)50-37-33-47(34-38-50)66(69-3)71-67(48-35-39-51(40-36-48)73-63-30-9-6-8-25-57(63)58-26-13-17-31-64(58)73)70-44-46-32-41-56-55-24-12-16-29-61(55)68(62(56)42-46)59-27-14-10-22-53(59)54-23-11-15-28-60(54)68/h4-5,7-18,20-43,45H,3,6,19,44H2,1-2H3/b5-4-,21-7-,70-67?,71-66?. The molecule has 13 rings (SSSR count). The van der Waals surface area contributed by atoms with Crippen LogP contribution in [0.25, 0.3) is 68.8 Å². The number of benzene rings is 7. The lowest BCUT2D eigenvalue weighted by Crippen LogP contribution is -2.25. The van der Waals surface area contributed by atoms with Crippen molar-refractivity contribution in [3.05, 3.63) is 273 Å². The molecule has 0 amide bonds. The summed E-state index contributed by atoms with van der Waals surface area (Å²) >= 11 is 0. The maximum absolute atomic E-state index is 5.43. The molecule has 5 heteroatoms. The number of aliphatic imine (C=N–C) groups is 3. The summed E-state index contributed by atoms with van der Waals surface area (Å²) in [5, 5.41) is 1.23. The molecule has 1 spiro atoms. The third kappa shape index (κ3) is 7.10. The Morgan fingerprint density at radius 2 is 1.23 bits per heavy atom. The molecular weight excluding hydrogens is 887 g/mol. The van der Waals surface area contributed by atoms with E-state index >= 15 is 0 Å². The van der Waals surface area contributed by atoms with Crippen molar-refractivity contribution in [2.75, 3.05) is 0 Å². The van der Waals surface area contributed by atoms with Crippen LogP contribution < -0.4 is 0 Å². The zero-order valence-corrected chi connectivity index (χ0v) is 41.1. The van der Waals surface area contributed by atoms with Crippen LogP contribution in [0.1, 0.15) is 99.8 Å². The van der Waals surface area contributed by atoms with Crippen LogP contribution in [-0.4, -0.2) is 27.5 Å². The zero-order chi connectivity index (χ0) is 49.0. The molecule has 0 saturated heterocycles. The van der Waals surface area contributed by atoms with Crippen LogP contribution in [0.3, 0.4) is 0 Å². The van der Waals surface area contributed by atoms with Gasteiger partial charge in [0.1, 0.15) is 0 Å². The first-order chi connectivity index (χ1) is 36.0. The predicted molar refractivity (Wildman–Crippen MR) is 307 cm³/mol. The number of hydrogen-bond acceptors (Lipinski definition) is 1. The van der Waals surface area contributed by atoms with Crippen molar-refractivity contribution >= 4 is 53.6 Å². The summed E-state index contributed by atoms with van der Waals surface area (Å²) in [6.07, 6.45) is 23.8. The maximum atomic E-state index is 5.43. The Morgan fingerprint density at radius 1 is 0.616 bits per heavy atom. The summed E-state index contributed by atoms with van der Waals surface area (Å²) in [6.45, 7) is 8.84. The summed E-state index contributed by atoms with van der Waals surface area (Å²) in [7, 11) is 0. The number of amidine groups is 2. The molecule has 0 bridgehead atoms. The molecule has 9 aromatic rings. The van der Waals surface area contributed by atoms with E-state index in [0.29, 0.717) is 24.1 Å². The number of fused-ring (bicyclic) bond motifs is 14. The number of hydrogen-bond donors (Lipinski definition) is 0. The number of nitrogens with zero attached hydrogens (tertiary/aromatic N) is 5. The molecule has 73 heavy (non-hydrogen) atoms. The van der Waals surface area contributed by atoms with E-state index in [0.717, 1.165) is 46.6 Å². The van der Waals surface area contributed by atoms with Crippen molar-refractivity contribution in [2.45, 2.75) is 44.6 Å². The first kappa shape index (κ1) is 44.0. The molecule has 4 aliphatic rings. The summed E-state index contributed by atoms with van der Waals surface area (Å²) < 4.78 is 4.75. The molecule has 7 aromatic carbocycles. The van der Waals surface area contributed by atoms with Crippen LogP contribution in [0, 0.1) is 0 Å². The van der Waals surface area contributed by atoms with E-state index in [-0.39, 0.29) is 0 Å². The molecule has 0 fully saturated rings. The first-order valence-corrected chi connectivity index (χ1v) is 25.5. The third-order valence-corrected chi connectivity index (χ3v) is 15.3. The van der Waals surface area contributed by atoms with Crippen molar-refractivity contribution in [1.29, 1.82) is 0 Å². The first-order valence-electron chi connectivity index (χ1n) is 25.5. The van der Waals surface area contributed by atoms with Gasteiger partial charge in [-0.2, -0.15) is 0 Å². The molecule has 4 aliphatic carbocycles. The number of para-hydroxylation sites is 1. The monoisotopic (exact) mass is 939 g/mol. The fraction of sp³-hybridized carbons (Fsp3) is 0.103. The number of allylic oxidation sites excluding steroid dienone is 6. The summed E-state index contributed by atoms with van der Waals surface area (Å²) in [4.78, 5) is 15.4. The van der Waals surface area contributed by atoms with Crippen molar-refractivity contribution in [1.82, 2.24) is 9.13 Å². The topological polar surface area (TPSA) is 46.9 Å². The van der Waals surface area contributed by atoms with E-state index in [1.807, 2.05) is 6.92 Å². The number of aromatic nitrogens is 2. The Bertz CT molecular complexity index is 3850. The van der Waals surface area contributed by atoms with Gasteiger partial charge in [0.2, 0.25) is 0 Å². The Kier molecular flexibility index (Phi) is 10.9. The van der Waals surface area contributed by atoms with Gasteiger partial charge in [-0.05, 0) is 155 Å². The smallest absolute Gasteiger partial charge is 0.161 e. The highest BCUT2D eigenvalue weighted by Gasteiger charge is 2.51. The lowest BCUT2D eigenvalue weighted by atomic mass is 9.70. The molecule has 350 valence electrons. The van der Waals surface area contributed by atoms with E-state index in [1.165, 1.54) is 77.9 Å². The molecule has 0 radical (unpaired) electrons. The minimum atomic E-state index is -0.439. The second-order valence-electron chi connectivity index (χ2n) is 19.5. The molecule has 0 saturated carbocycles.